The van der Waals surface area contributed by atoms with Crippen LogP contribution >= 0.6 is 27.7 Å². The summed E-state index contributed by atoms with van der Waals surface area (Å²) in [6.07, 6.45) is 1.09. The van der Waals surface area contributed by atoms with Crippen molar-refractivity contribution in [3.8, 4) is 0 Å². The van der Waals surface area contributed by atoms with Gasteiger partial charge in [0.05, 0.1) is 0 Å². The van der Waals surface area contributed by atoms with Crippen molar-refractivity contribution in [3.63, 3.8) is 0 Å². The number of nitrogens with one attached hydrogen (secondary N) is 1. The first-order valence-electron chi connectivity index (χ1n) is 6.61. The second-order valence-electron chi connectivity index (χ2n) is 4.92. The highest BCUT2D eigenvalue weighted by Gasteiger charge is 2.21. The van der Waals surface area contributed by atoms with E-state index in [1.807, 2.05) is 17.8 Å². The molecule has 1 unspecified atom stereocenters. The second kappa shape index (κ2) is 6.29. The van der Waals surface area contributed by atoms with Crippen LogP contribution in [0.2, 0.25) is 0 Å². The van der Waals surface area contributed by atoms with Crippen molar-refractivity contribution < 1.29 is 4.39 Å². The van der Waals surface area contributed by atoms with Gasteiger partial charge >= 0.3 is 0 Å². The van der Waals surface area contributed by atoms with Crippen molar-refractivity contribution in [1.29, 1.82) is 0 Å². The number of hydrogen-bond donors (Lipinski definition) is 1. The Labute approximate surface area is 131 Å². The van der Waals surface area contributed by atoms with Gasteiger partial charge in [-0.1, -0.05) is 34.1 Å². The summed E-state index contributed by atoms with van der Waals surface area (Å²) in [6, 6.07) is 13.6. The Morgan fingerprint density at radius 1 is 1.25 bits per heavy atom. The van der Waals surface area contributed by atoms with Gasteiger partial charge in [0.25, 0.3) is 0 Å². The summed E-state index contributed by atoms with van der Waals surface area (Å²) in [5, 5.41) is 3.91. The third-order valence-corrected chi connectivity index (χ3v) is 5.22. The van der Waals surface area contributed by atoms with Gasteiger partial charge in [0.2, 0.25) is 0 Å². The topological polar surface area (TPSA) is 12.0 Å². The molecule has 0 amide bonds. The number of benzene rings is 2. The number of thioether (sulfide) groups is 1. The average molecular weight is 352 g/mol. The maximum absolute atomic E-state index is 13.6. The van der Waals surface area contributed by atoms with Crippen LogP contribution in [0, 0.1) is 5.82 Å². The Hall–Kier alpha value is -0.840. The fraction of sp³-hybridized carbons (Fsp3) is 0.250. The minimum absolute atomic E-state index is 0.150. The van der Waals surface area contributed by atoms with E-state index in [2.05, 4.69) is 45.5 Å². The molecule has 4 heteroatoms. The Balaban J connectivity index is 1.53. The molecule has 0 saturated carbocycles. The predicted octanol–water partition coefficient (Wildman–Crippen LogP) is 4.39. The van der Waals surface area contributed by atoms with E-state index in [0.29, 0.717) is 17.4 Å². The van der Waals surface area contributed by atoms with Crippen LogP contribution in [0.4, 0.5) is 4.39 Å². The predicted molar refractivity (Wildman–Crippen MR) is 85.6 cm³/mol. The first-order chi connectivity index (χ1) is 9.72. The van der Waals surface area contributed by atoms with Crippen LogP contribution in [0.1, 0.15) is 11.1 Å². The smallest absolute Gasteiger partial charge is 0.127 e. The molecule has 2 aromatic carbocycles. The van der Waals surface area contributed by atoms with Crippen LogP contribution in [0.3, 0.4) is 0 Å². The number of fused-ring (bicyclic) bond motifs is 1. The highest BCUT2D eigenvalue weighted by atomic mass is 79.9. The summed E-state index contributed by atoms with van der Waals surface area (Å²) in [5.41, 5.74) is 2.14. The van der Waals surface area contributed by atoms with Gasteiger partial charge in [0.15, 0.2) is 0 Å². The Kier molecular flexibility index (Phi) is 4.44. The van der Waals surface area contributed by atoms with Crippen molar-refractivity contribution in [3.05, 3.63) is 63.9 Å². The van der Waals surface area contributed by atoms with Crippen LogP contribution in [0.15, 0.2) is 51.8 Å². The van der Waals surface area contributed by atoms with E-state index in [1.54, 1.807) is 6.07 Å². The molecular formula is C16H15BrFNS. The summed E-state index contributed by atoms with van der Waals surface area (Å²) in [6.45, 7) is 1.46. The van der Waals surface area contributed by atoms with Crippen molar-refractivity contribution in [2.75, 3.05) is 6.54 Å². The molecule has 0 fully saturated rings. The number of halogens is 2. The molecule has 0 spiro atoms. The van der Waals surface area contributed by atoms with Crippen molar-refractivity contribution in [2.24, 2.45) is 0 Å². The normalized spacial score (nSPS) is 17.2. The molecular weight excluding hydrogens is 337 g/mol. The van der Waals surface area contributed by atoms with Gasteiger partial charge in [-0.15, -0.1) is 11.8 Å². The summed E-state index contributed by atoms with van der Waals surface area (Å²) >= 11 is 5.29. The van der Waals surface area contributed by atoms with Crippen molar-refractivity contribution in [2.45, 2.75) is 23.1 Å². The molecule has 3 rings (SSSR count). The molecule has 0 aliphatic carbocycles. The monoisotopic (exact) mass is 351 g/mol. The lowest BCUT2D eigenvalue weighted by molar-refractivity contribution is 0.585. The van der Waals surface area contributed by atoms with Gasteiger partial charge in [-0.05, 0) is 36.2 Å². The highest BCUT2D eigenvalue weighted by Crippen LogP contribution is 2.36. The molecule has 0 bridgehead atoms. The second-order valence-corrected chi connectivity index (χ2v) is 7.18. The molecule has 1 N–H and O–H groups in total. The van der Waals surface area contributed by atoms with Gasteiger partial charge in [-0.25, -0.2) is 4.39 Å². The summed E-state index contributed by atoms with van der Waals surface area (Å²) in [4.78, 5) is 1.38. The lowest BCUT2D eigenvalue weighted by Gasteiger charge is -2.11. The SMILES string of the molecule is Fc1ccc(Br)cc1CNCC1Cc2ccccc2S1. The molecule has 0 aromatic heterocycles. The zero-order valence-electron chi connectivity index (χ0n) is 10.9. The molecule has 0 radical (unpaired) electrons. The van der Waals surface area contributed by atoms with E-state index in [0.717, 1.165) is 17.4 Å². The summed E-state index contributed by atoms with van der Waals surface area (Å²) in [7, 11) is 0. The minimum Gasteiger partial charge on any atom is -0.311 e. The third kappa shape index (κ3) is 3.25. The molecule has 104 valence electrons. The maximum atomic E-state index is 13.6. The largest absolute Gasteiger partial charge is 0.311 e. The fourth-order valence-corrected chi connectivity index (χ4v) is 4.11. The Morgan fingerprint density at radius 3 is 2.95 bits per heavy atom. The Bertz CT molecular complexity index is 592. The number of hydrogen-bond acceptors (Lipinski definition) is 2. The van der Waals surface area contributed by atoms with E-state index >= 15 is 0 Å². The molecule has 0 saturated heterocycles. The molecule has 1 atom stereocenters. The van der Waals surface area contributed by atoms with Gasteiger partial charge < -0.3 is 5.32 Å². The van der Waals surface area contributed by atoms with E-state index < -0.39 is 0 Å². The van der Waals surface area contributed by atoms with Crippen LogP contribution < -0.4 is 5.32 Å². The highest BCUT2D eigenvalue weighted by molar-refractivity contribution is 9.10. The zero-order chi connectivity index (χ0) is 13.9. The van der Waals surface area contributed by atoms with Gasteiger partial charge in [0, 0.05) is 33.3 Å². The third-order valence-electron chi connectivity index (χ3n) is 3.41. The van der Waals surface area contributed by atoms with E-state index in [4.69, 9.17) is 0 Å². The molecule has 20 heavy (non-hydrogen) atoms. The lowest BCUT2D eigenvalue weighted by atomic mass is 10.1. The molecule has 1 nitrogen and oxygen atoms in total. The minimum atomic E-state index is -0.150. The number of rotatable bonds is 4. The van der Waals surface area contributed by atoms with E-state index in [-0.39, 0.29) is 5.82 Å². The van der Waals surface area contributed by atoms with E-state index in [1.165, 1.54) is 16.5 Å². The van der Waals surface area contributed by atoms with Gasteiger partial charge in [-0.3, -0.25) is 0 Å². The average Bonchev–Trinajstić information content (AvgIpc) is 2.85. The van der Waals surface area contributed by atoms with Crippen LogP contribution in [0.5, 0.6) is 0 Å². The van der Waals surface area contributed by atoms with Crippen LogP contribution in [-0.4, -0.2) is 11.8 Å². The quantitative estimate of drug-likeness (QED) is 0.876. The summed E-state index contributed by atoms with van der Waals surface area (Å²) in [5.74, 6) is -0.150. The lowest BCUT2D eigenvalue weighted by Crippen LogP contribution is -2.24. The van der Waals surface area contributed by atoms with Crippen molar-refractivity contribution in [1.82, 2.24) is 5.32 Å². The first kappa shape index (κ1) is 14.1. The molecule has 1 heterocycles. The van der Waals surface area contributed by atoms with Crippen LogP contribution in [-0.2, 0) is 13.0 Å². The Morgan fingerprint density at radius 2 is 2.10 bits per heavy atom. The van der Waals surface area contributed by atoms with Crippen molar-refractivity contribution >= 4 is 27.7 Å². The molecule has 2 aromatic rings. The van der Waals surface area contributed by atoms with Crippen LogP contribution in [0.25, 0.3) is 0 Å². The van der Waals surface area contributed by atoms with Gasteiger partial charge in [0.1, 0.15) is 5.82 Å². The zero-order valence-corrected chi connectivity index (χ0v) is 13.3. The first-order valence-corrected chi connectivity index (χ1v) is 8.29. The van der Waals surface area contributed by atoms with Gasteiger partial charge in [-0.2, -0.15) is 0 Å². The fourth-order valence-electron chi connectivity index (χ4n) is 2.41. The standard InChI is InChI=1S/C16H15BrFNS/c17-13-5-6-15(18)12(7-13)9-19-10-14-8-11-3-1-2-4-16(11)20-14/h1-7,14,19H,8-10H2. The maximum Gasteiger partial charge on any atom is 0.127 e. The molecule has 1 aliphatic heterocycles. The van der Waals surface area contributed by atoms with E-state index in [9.17, 15) is 4.39 Å². The molecule has 1 aliphatic rings. The summed E-state index contributed by atoms with van der Waals surface area (Å²) < 4.78 is 14.5.